The Hall–Kier alpha value is -2.30. The van der Waals surface area contributed by atoms with Crippen molar-refractivity contribution in [2.45, 2.75) is 83.6 Å². The van der Waals surface area contributed by atoms with E-state index in [-0.39, 0.29) is 0 Å². The Balaban J connectivity index is 7.88. The van der Waals surface area contributed by atoms with Crippen LogP contribution in [0.15, 0.2) is 0 Å². The molecule has 55 heavy (non-hydrogen) atoms. The maximum Gasteiger partial charge on any atom is 0.601 e. The highest BCUT2D eigenvalue weighted by atomic mass is 32.2. The molecule has 0 bridgehead atoms. The second kappa shape index (κ2) is 13.4. The summed E-state index contributed by atoms with van der Waals surface area (Å²) in [6.07, 6.45) is -31.9. The van der Waals surface area contributed by atoms with E-state index in [1.807, 2.05) is 0 Å². The Morgan fingerprint density at radius 3 is 0.836 bits per heavy atom. The molecule has 0 spiro atoms. The molecule has 0 fully saturated rings. The van der Waals surface area contributed by atoms with Crippen LogP contribution in [0.2, 0.25) is 0 Å². The van der Waals surface area contributed by atoms with Gasteiger partial charge in [0.1, 0.15) is 0 Å². The van der Waals surface area contributed by atoms with Crippen LogP contribution in [0.1, 0.15) is 0 Å². The van der Waals surface area contributed by atoms with Gasteiger partial charge >= 0.3 is 102 Å². The fourth-order valence-corrected chi connectivity index (χ4v) is 5.80. The molecule has 0 heterocycles. The zero-order chi connectivity index (χ0) is 45.7. The summed E-state index contributed by atoms with van der Waals surface area (Å²) in [6, 6.07) is -9.52. The molecule has 0 saturated heterocycles. The van der Waals surface area contributed by atoms with E-state index in [0.29, 0.717) is 0 Å². The van der Waals surface area contributed by atoms with Crippen LogP contribution in [-0.4, -0.2) is 105 Å². The molecule has 6 nitrogen and oxygen atoms in total. The molecule has 0 atom stereocenters. The molecular weight excluding hydrogens is 949 g/mol. The molecule has 0 unspecified atom stereocenters. The average Bonchev–Trinajstić information content (AvgIpc) is 2.87. The van der Waals surface area contributed by atoms with Gasteiger partial charge in [0.05, 0.1) is 0 Å². The standard InChI is InChI=1S/C14F33NO5SSi/c15-1(16,3(19,20)5(23,24)8(29,30)31)2(17,18)4(21,22)6(25,26)10(34,35)54(49,50)48(47)9(32,33)7(27,28)11(36,37)55(51-12(38,39)40,52-13(41,42)43)53-14(44,45)46. The van der Waals surface area contributed by atoms with Gasteiger partial charge in [0, 0.05) is 4.53 Å². The summed E-state index contributed by atoms with van der Waals surface area (Å²) in [5, 5.41) is -9.71. The van der Waals surface area contributed by atoms with E-state index in [9.17, 15) is 153 Å². The first-order valence-corrected chi connectivity index (χ1v) is 14.0. The Morgan fingerprint density at radius 1 is 0.364 bits per heavy atom. The Bertz CT molecular complexity index is 1450. The van der Waals surface area contributed by atoms with Crippen LogP contribution >= 0.6 is 0 Å². The summed E-state index contributed by atoms with van der Waals surface area (Å²) < 4.78 is 458. The summed E-state index contributed by atoms with van der Waals surface area (Å²) in [5.74, 6) is -67.2. The molecule has 41 heteroatoms. The summed E-state index contributed by atoms with van der Waals surface area (Å²) >= 11 is 0. The molecule has 0 aromatic rings. The van der Waals surface area contributed by atoms with Crippen LogP contribution in [0, 0.1) is 0 Å². The van der Waals surface area contributed by atoms with Crippen molar-refractivity contribution in [1.29, 1.82) is 0 Å². The van der Waals surface area contributed by atoms with Crippen molar-refractivity contribution in [3.05, 3.63) is 0 Å². The van der Waals surface area contributed by atoms with Crippen LogP contribution in [0.3, 0.4) is 0 Å². The van der Waals surface area contributed by atoms with Crippen molar-refractivity contribution in [3.63, 3.8) is 0 Å². The van der Waals surface area contributed by atoms with E-state index in [2.05, 4.69) is 0 Å². The van der Waals surface area contributed by atoms with Gasteiger partial charge in [-0.05, 0) is 0 Å². The van der Waals surface area contributed by atoms with Gasteiger partial charge in [0.25, 0.3) is 0 Å². The molecule has 0 rings (SSSR count). The van der Waals surface area contributed by atoms with Crippen molar-refractivity contribution in [1.82, 2.24) is 4.53 Å². The third-order valence-corrected chi connectivity index (χ3v) is 9.50. The van der Waals surface area contributed by atoms with E-state index in [1.165, 1.54) is 13.3 Å². The van der Waals surface area contributed by atoms with Crippen molar-refractivity contribution in [2.24, 2.45) is 0 Å². The van der Waals surface area contributed by atoms with Gasteiger partial charge in [-0.1, -0.05) is 0 Å². The minimum absolute atomic E-state index is 1.29. The van der Waals surface area contributed by atoms with Crippen LogP contribution in [0.5, 0.6) is 0 Å². The van der Waals surface area contributed by atoms with Crippen LogP contribution in [-0.2, 0) is 23.3 Å². The third-order valence-electron chi connectivity index (χ3n) is 5.36. The lowest BCUT2D eigenvalue weighted by Gasteiger charge is -2.43. The highest BCUT2D eigenvalue weighted by Crippen LogP contribution is 2.65. The largest absolute Gasteiger partial charge is 0.601 e. The number of halogens is 33. The van der Waals surface area contributed by atoms with Crippen LogP contribution in [0.25, 0.3) is 0 Å². The topological polar surface area (TPSA) is 65.1 Å². The lowest BCUT2D eigenvalue weighted by atomic mass is 9.91. The van der Waals surface area contributed by atoms with Crippen LogP contribution in [0.4, 0.5) is 145 Å². The summed E-state index contributed by atoms with van der Waals surface area (Å²) in [5.41, 5.74) is -9.31. The predicted molar refractivity (Wildman–Crippen MR) is 94.6 cm³/mol. The van der Waals surface area contributed by atoms with Gasteiger partial charge in [0.2, 0.25) is 0 Å². The smallest absolute Gasteiger partial charge is 0.280 e. The zero-order valence-corrected chi connectivity index (χ0v) is 24.7. The summed E-state index contributed by atoms with van der Waals surface area (Å²) in [7, 11) is -21.2. The Morgan fingerprint density at radius 2 is 0.600 bits per heavy atom. The normalized spacial score (nSPS) is 17.0. The molecule has 0 amide bonds. The lowest BCUT2D eigenvalue weighted by Crippen LogP contribution is -2.77. The summed E-state index contributed by atoms with van der Waals surface area (Å²) in [6.45, 7) is 0. The van der Waals surface area contributed by atoms with E-state index >= 15 is 0 Å². The average molecular weight is 949 g/mol. The molecule has 0 radical (unpaired) electrons. The molecule has 0 aliphatic carbocycles. The van der Waals surface area contributed by atoms with Gasteiger partial charge in [-0.25, -0.2) is 8.42 Å². The monoisotopic (exact) mass is 949 g/mol. The van der Waals surface area contributed by atoms with E-state index in [1.54, 1.807) is 0 Å². The minimum atomic E-state index is -10.7. The molecule has 0 aliphatic heterocycles. The maximum absolute atomic E-state index is 14.4. The number of alkyl halides is 32. The van der Waals surface area contributed by atoms with Crippen molar-refractivity contribution < 1.29 is 167 Å². The fourth-order valence-electron chi connectivity index (χ4n) is 2.77. The number of nitrogens with zero attached hydrogens (tertiary/aromatic N) is 1. The molecular formula is C14F33NO5SSi. The highest BCUT2D eigenvalue weighted by molar-refractivity contribution is 7.90. The summed E-state index contributed by atoms with van der Waals surface area (Å²) in [4.78, 5) is 0. The molecule has 0 aliphatic rings. The molecule has 0 aromatic heterocycles. The molecule has 0 aromatic carbocycles. The number of hydrogen-bond donors (Lipinski definition) is 0. The minimum Gasteiger partial charge on any atom is -0.280 e. The Labute approximate surface area is 274 Å². The van der Waals surface area contributed by atoms with Crippen LogP contribution < -0.4 is 0 Å². The second-order valence-electron chi connectivity index (χ2n) is 9.07. The lowest BCUT2D eigenvalue weighted by molar-refractivity contribution is -0.458. The van der Waals surface area contributed by atoms with E-state index in [4.69, 9.17) is 0 Å². The first-order chi connectivity index (χ1) is 23.0. The molecule has 0 saturated carbocycles. The second-order valence-corrected chi connectivity index (χ2v) is 13.2. The molecule has 0 N–H and O–H groups in total. The van der Waals surface area contributed by atoms with Crippen molar-refractivity contribution in [3.8, 4) is 0 Å². The van der Waals surface area contributed by atoms with Gasteiger partial charge in [-0.3, -0.25) is 13.3 Å². The van der Waals surface area contributed by atoms with Gasteiger partial charge in [-0.15, -0.1) is 44.0 Å². The first-order valence-electron chi connectivity index (χ1n) is 10.9. The van der Waals surface area contributed by atoms with Gasteiger partial charge in [-0.2, -0.15) is 101 Å². The molecule has 332 valence electrons. The quantitative estimate of drug-likeness (QED) is 0.0709. The van der Waals surface area contributed by atoms with Crippen molar-refractivity contribution in [2.75, 3.05) is 0 Å². The van der Waals surface area contributed by atoms with E-state index in [0.717, 1.165) is 0 Å². The number of rotatable bonds is 15. The van der Waals surface area contributed by atoms with Gasteiger partial charge < -0.3 is 0 Å². The maximum atomic E-state index is 14.4. The predicted octanol–water partition coefficient (Wildman–Crippen LogP) is 9.42. The first kappa shape index (κ1) is 52.7. The SMILES string of the molecule is O=S(=O)(N(F)C(F)(F)C(F)(F)C(F)(F)[Si](OC(F)(F)F)(OC(F)(F)F)OC(F)(F)F)C(F)(F)C(F)(F)C(F)(F)C(F)(F)C(F)(F)C(F)(F)C(F)(F)C(F)(F)F. The number of hydrogen-bond acceptors (Lipinski definition) is 5. The third kappa shape index (κ3) is 7.95. The fraction of sp³-hybridized carbons (Fsp3) is 1.00. The Kier molecular flexibility index (Phi) is 12.8. The van der Waals surface area contributed by atoms with E-state index < -0.39 is 107 Å². The number of sulfonamides is 1. The van der Waals surface area contributed by atoms with Crippen molar-refractivity contribution >= 4 is 18.8 Å². The zero-order valence-electron chi connectivity index (χ0n) is 22.9. The van der Waals surface area contributed by atoms with Gasteiger partial charge in [0.15, 0.2) is 0 Å². The highest BCUT2D eigenvalue weighted by Gasteiger charge is 2.98.